The summed E-state index contributed by atoms with van der Waals surface area (Å²) >= 11 is 0. The second kappa shape index (κ2) is 8.79. The minimum Gasteiger partial charge on any atom is -0.494 e. The van der Waals surface area contributed by atoms with Gasteiger partial charge in [-0.05, 0) is 18.2 Å². The molecule has 1 aliphatic heterocycles. The zero-order chi connectivity index (χ0) is 24.5. The van der Waals surface area contributed by atoms with Crippen LogP contribution in [0.2, 0.25) is 0 Å². The van der Waals surface area contributed by atoms with Gasteiger partial charge in [-0.3, -0.25) is 4.79 Å². The monoisotopic (exact) mass is 474 g/mol. The summed E-state index contributed by atoms with van der Waals surface area (Å²) in [6, 6.07) is 6.03. The van der Waals surface area contributed by atoms with Gasteiger partial charge in [0.15, 0.2) is 11.5 Å². The average molecular weight is 474 g/mol. The number of hydrogen-bond acceptors (Lipinski definition) is 8. The maximum absolute atomic E-state index is 13.9. The van der Waals surface area contributed by atoms with Gasteiger partial charge in [0.1, 0.15) is 28.9 Å². The number of ether oxygens (including phenoxy) is 1. The summed E-state index contributed by atoms with van der Waals surface area (Å²) in [4.78, 5) is 16.8. The van der Waals surface area contributed by atoms with Gasteiger partial charge in [-0.25, -0.2) is 19.5 Å². The van der Waals surface area contributed by atoms with Crippen LogP contribution in [0.4, 0.5) is 29.1 Å². The zero-order valence-corrected chi connectivity index (χ0v) is 17.3. The number of carbonyl (C=O) groups is 1. The van der Waals surface area contributed by atoms with E-state index in [1.54, 1.807) is 6.21 Å². The lowest BCUT2D eigenvalue weighted by atomic mass is 10.2. The Morgan fingerprint density at radius 3 is 2.74 bits per heavy atom. The molecule has 0 spiro atoms. The normalized spacial score (nSPS) is 13.1. The molecule has 0 unspecified atom stereocenters. The van der Waals surface area contributed by atoms with Gasteiger partial charge in [-0.15, -0.1) is 0 Å². The molecule has 0 atom stereocenters. The summed E-state index contributed by atoms with van der Waals surface area (Å²) in [7, 11) is 1.16. The van der Waals surface area contributed by atoms with Gasteiger partial charge in [0, 0.05) is 12.3 Å². The van der Waals surface area contributed by atoms with Crippen LogP contribution in [0.5, 0.6) is 5.75 Å². The van der Waals surface area contributed by atoms with Crippen molar-refractivity contribution in [2.45, 2.75) is 6.18 Å². The SMILES string of the molecule is COc1cc(F)ccc1-n1ncc(C(=O)Nc2cnc(N3N=CCN3)c(C#N)c2)c1C(F)(F)F. The van der Waals surface area contributed by atoms with Gasteiger partial charge in [0.2, 0.25) is 0 Å². The van der Waals surface area contributed by atoms with Crippen molar-refractivity contribution in [1.82, 2.24) is 20.2 Å². The lowest BCUT2D eigenvalue weighted by molar-refractivity contribution is -0.143. The fourth-order valence-electron chi connectivity index (χ4n) is 3.19. The number of hydrazone groups is 1. The van der Waals surface area contributed by atoms with Crippen LogP contribution < -0.4 is 20.6 Å². The first kappa shape index (κ1) is 22.7. The van der Waals surface area contributed by atoms with E-state index in [0.29, 0.717) is 11.2 Å². The molecule has 0 saturated carbocycles. The molecule has 0 fully saturated rings. The molecule has 1 aromatic carbocycles. The van der Waals surface area contributed by atoms with E-state index in [9.17, 15) is 27.6 Å². The summed E-state index contributed by atoms with van der Waals surface area (Å²) in [5, 5.41) is 20.6. The predicted octanol–water partition coefficient (Wildman–Crippen LogP) is 2.87. The summed E-state index contributed by atoms with van der Waals surface area (Å²) in [5.41, 5.74) is 0.422. The Hall–Kier alpha value is -4.51. The van der Waals surface area contributed by atoms with E-state index < -0.39 is 29.2 Å². The maximum Gasteiger partial charge on any atom is 0.434 e. The van der Waals surface area contributed by atoms with E-state index >= 15 is 0 Å². The van der Waals surface area contributed by atoms with Gasteiger partial charge in [0.25, 0.3) is 5.91 Å². The largest absolute Gasteiger partial charge is 0.494 e. The molecule has 3 heterocycles. The Balaban J connectivity index is 1.70. The third-order valence-corrected chi connectivity index (χ3v) is 4.63. The third kappa shape index (κ3) is 4.24. The standard InChI is InChI=1S/C20H14F4N8O2/c1-34-16-7-12(21)2-3-15(16)31-17(20(22,23)24)14(10-29-31)19(33)30-13-6-11(8-25)18(26-9-13)32-27-4-5-28-32/h2-4,6-7,9-10,28H,5H2,1H3,(H,30,33). The number of anilines is 2. The number of carbonyl (C=O) groups excluding carboxylic acids is 1. The highest BCUT2D eigenvalue weighted by molar-refractivity contribution is 6.05. The minimum atomic E-state index is -5.00. The first-order valence-electron chi connectivity index (χ1n) is 9.49. The number of aromatic nitrogens is 3. The molecule has 14 heteroatoms. The molecule has 1 amide bonds. The summed E-state index contributed by atoms with van der Waals surface area (Å²) < 4.78 is 60.8. The second-order valence-corrected chi connectivity index (χ2v) is 6.77. The van der Waals surface area contributed by atoms with Gasteiger partial charge in [-0.2, -0.15) is 33.8 Å². The van der Waals surface area contributed by atoms with Crippen LogP contribution in [-0.2, 0) is 6.18 Å². The fourth-order valence-corrected chi connectivity index (χ4v) is 3.19. The van der Waals surface area contributed by atoms with Crippen molar-refractivity contribution >= 4 is 23.6 Å². The summed E-state index contributed by atoms with van der Waals surface area (Å²) in [6.45, 7) is 0.425. The van der Waals surface area contributed by atoms with Crippen LogP contribution in [0.1, 0.15) is 21.6 Å². The molecule has 0 bridgehead atoms. The number of pyridine rings is 1. The lowest BCUT2D eigenvalue weighted by Gasteiger charge is -2.16. The van der Waals surface area contributed by atoms with Crippen molar-refractivity contribution < 1.29 is 27.1 Å². The maximum atomic E-state index is 13.9. The van der Waals surface area contributed by atoms with Crippen LogP contribution in [0, 0.1) is 17.1 Å². The summed E-state index contributed by atoms with van der Waals surface area (Å²) in [6.07, 6.45) is -1.55. The van der Waals surface area contributed by atoms with Crippen LogP contribution in [0.15, 0.2) is 41.8 Å². The number of rotatable bonds is 5. The van der Waals surface area contributed by atoms with Crippen molar-refractivity contribution in [3.8, 4) is 17.5 Å². The number of alkyl halides is 3. The zero-order valence-electron chi connectivity index (χ0n) is 17.3. The Morgan fingerprint density at radius 2 is 2.09 bits per heavy atom. The van der Waals surface area contributed by atoms with Crippen LogP contribution in [0.25, 0.3) is 5.69 Å². The molecule has 2 N–H and O–H groups in total. The van der Waals surface area contributed by atoms with E-state index in [-0.39, 0.29) is 28.5 Å². The second-order valence-electron chi connectivity index (χ2n) is 6.77. The van der Waals surface area contributed by atoms with Crippen molar-refractivity contribution in [3.63, 3.8) is 0 Å². The fraction of sp³-hybridized carbons (Fsp3) is 0.150. The molecule has 4 rings (SSSR count). The number of hydrazine groups is 1. The molecule has 0 aliphatic carbocycles. The van der Waals surface area contributed by atoms with Gasteiger partial charge < -0.3 is 10.1 Å². The quantitative estimate of drug-likeness (QED) is 0.546. The average Bonchev–Trinajstić information content (AvgIpc) is 3.49. The number of halogens is 4. The number of nitriles is 1. The number of hydrogen-bond donors (Lipinski definition) is 2. The smallest absolute Gasteiger partial charge is 0.434 e. The molecule has 3 aromatic rings. The van der Waals surface area contributed by atoms with E-state index in [1.165, 1.54) is 17.4 Å². The number of nitrogens with zero attached hydrogens (tertiary/aromatic N) is 6. The van der Waals surface area contributed by atoms with Crippen molar-refractivity contribution in [2.75, 3.05) is 24.1 Å². The molecular weight excluding hydrogens is 460 g/mol. The van der Waals surface area contributed by atoms with Crippen LogP contribution in [-0.4, -0.2) is 40.5 Å². The van der Waals surface area contributed by atoms with Gasteiger partial charge >= 0.3 is 6.18 Å². The van der Waals surface area contributed by atoms with Crippen molar-refractivity contribution in [1.29, 1.82) is 5.26 Å². The topological polar surface area (TPSA) is 120 Å². The first-order chi connectivity index (χ1) is 16.2. The highest BCUT2D eigenvalue weighted by Gasteiger charge is 2.41. The number of benzene rings is 1. The van der Waals surface area contributed by atoms with Gasteiger partial charge in [-0.1, -0.05) is 0 Å². The Kier molecular flexibility index (Phi) is 5.86. The lowest BCUT2D eigenvalue weighted by Crippen LogP contribution is -2.29. The molecule has 0 radical (unpaired) electrons. The number of amides is 1. The Bertz CT molecular complexity index is 1330. The third-order valence-electron chi connectivity index (χ3n) is 4.63. The van der Waals surface area contributed by atoms with Gasteiger partial charge in [0.05, 0.1) is 37.3 Å². The Morgan fingerprint density at radius 1 is 1.29 bits per heavy atom. The molecule has 0 saturated heterocycles. The number of nitrogens with one attached hydrogen (secondary N) is 2. The van der Waals surface area contributed by atoms with Crippen LogP contribution in [0.3, 0.4) is 0 Å². The molecule has 10 nitrogen and oxygen atoms in total. The van der Waals surface area contributed by atoms with E-state index in [1.807, 2.05) is 6.07 Å². The highest BCUT2D eigenvalue weighted by atomic mass is 19.4. The summed E-state index contributed by atoms with van der Waals surface area (Å²) in [5.74, 6) is -1.92. The minimum absolute atomic E-state index is 0.0197. The van der Waals surface area contributed by atoms with E-state index in [4.69, 9.17) is 4.74 Å². The highest BCUT2D eigenvalue weighted by Crippen LogP contribution is 2.36. The van der Waals surface area contributed by atoms with Crippen molar-refractivity contribution in [3.05, 3.63) is 59.3 Å². The molecule has 174 valence electrons. The Labute approximate surface area is 189 Å². The van der Waals surface area contributed by atoms with E-state index in [0.717, 1.165) is 31.5 Å². The molecular formula is C20H14F4N8O2. The molecule has 34 heavy (non-hydrogen) atoms. The number of methoxy groups -OCH3 is 1. The first-order valence-corrected chi connectivity index (χ1v) is 9.49. The van der Waals surface area contributed by atoms with E-state index in [2.05, 4.69) is 25.9 Å². The molecule has 2 aromatic heterocycles. The van der Waals surface area contributed by atoms with Crippen LogP contribution >= 0.6 is 0 Å². The predicted molar refractivity (Wildman–Crippen MR) is 111 cm³/mol. The molecule has 1 aliphatic rings. The van der Waals surface area contributed by atoms with Crippen molar-refractivity contribution in [2.24, 2.45) is 5.10 Å².